The molecule has 3 rings (SSSR count). The maximum atomic E-state index is 12.8. The monoisotopic (exact) mass is 259 g/mol. The molecule has 1 heterocycles. The van der Waals surface area contributed by atoms with Crippen molar-refractivity contribution in [1.82, 2.24) is 4.90 Å². The molecule has 102 valence electrons. The second-order valence-corrected chi connectivity index (χ2v) is 5.66. The summed E-state index contributed by atoms with van der Waals surface area (Å²) >= 11 is 0. The minimum absolute atomic E-state index is 0.0665. The van der Waals surface area contributed by atoms with Gasteiger partial charge in [0.25, 0.3) is 0 Å². The lowest BCUT2D eigenvalue weighted by Crippen LogP contribution is -2.35. The van der Waals surface area contributed by atoms with E-state index in [1.165, 1.54) is 18.4 Å². The standard InChI is InChI=1S/C16H21NO2/c1-19-14-9-10-17(11-14)16(18)15(13-7-8-13)12-5-3-2-4-6-12/h2-6,13-15H,7-11H2,1H3/t14-,15?/m0/s1. The molecule has 2 aliphatic rings. The van der Waals surface area contributed by atoms with Crippen LogP contribution in [-0.4, -0.2) is 37.1 Å². The van der Waals surface area contributed by atoms with Gasteiger partial charge in [-0.1, -0.05) is 30.3 Å². The van der Waals surface area contributed by atoms with Gasteiger partial charge in [0.05, 0.1) is 12.0 Å². The first kappa shape index (κ1) is 12.7. The highest BCUT2D eigenvalue weighted by Crippen LogP contribution is 2.43. The number of hydrogen-bond acceptors (Lipinski definition) is 2. The van der Waals surface area contributed by atoms with Crippen LogP contribution >= 0.6 is 0 Å². The van der Waals surface area contributed by atoms with E-state index in [-0.39, 0.29) is 12.0 Å². The highest BCUT2D eigenvalue weighted by molar-refractivity contribution is 5.84. The molecule has 1 aromatic rings. The Hall–Kier alpha value is -1.35. The number of carbonyl (C=O) groups excluding carboxylic acids is 1. The molecule has 2 atom stereocenters. The second kappa shape index (κ2) is 5.33. The molecule has 1 saturated heterocycles. The van der Waals surface area contributed by atoms with Gasteiger partial charge in [0.2, 0.25) is 5.91 Å². The predicted octanol–water partition coefficient (Wildman–Crippen LogP) is 2.43. The quantitative estimate of drug-likeness (QED) is 0.831. The molecule has 1 aromatic carbocycles. The van der Waals surface area contributed by atoms with Crippen LogP contribution in [0.25, 0.3) is 0 Å². The van der Waals surface area contributed by atoms with Crippen molar-refractivity contribution in [3.05, 3.63) is 35.9 Å². The molecular formula is C16H21NO2. The Morgan fingerprint density at radius 3 is 2.58 bits per heavy atom. The average Bonchev–Trinajstić information content (AvgIpc) is 3.16. The Balaban J connectivity index is 1.76. The van der Waals surface area contributed by atoms with Gasteiger partial charge in [-0.3, -0.25) is 4.79 Å². The number of rotatable bonds is 4. The normalized spacial score (nSPS) is 24.5. The zero-order valence-corrected chi connectivity index (χ0v) is 11.4. The number of carbonyl (C=O) groups is 1. The molecule has 0 radical (unpaired) electrons. The third-order valence-corrected chi connectivity index (χ3v) is 4.31. The molecule has 19 heavy (non-hydrogen) atoms. The van der Waals surface area contributed by atoms with Gasteiger partial charge in [0, 0.05) is 20.2 Å². The SMILES string of the molecule is CO[C@H]1CCN(C(=O)C(c2ccccc2)C2CC2)C1. The van der Waals surface area contributed by atoms with Crippen LogP contribution in [0.3, 0.4) is 0 Å². The molecule has 1 aliphatic carbocycles. The van der Waals surface area contributed by atoms with Gasteiger partial charge >= 0.3 is 0 Å². The molecule has 1 unspecified atom stereocenters. The van der Waals surface area contributed by atoms with E-state index in [0.717, 1.165) is 19.5 Å². The van der Waals surface area contributed by atoms with Gasteiger partial charge in [0.15, 0.2) is 0 Å². The van der Waals surface area contributed by atoms with Gasteiger partial charge in [0.1, 0.15) is 0 Å². The molecule has 0 spiro atoms. The van der Waals surface area contributed by atoms with Crippen molar-refractivity contribution in [2.24, 2.45) is 5.92 Å². The van der Waals surface area contributed by atoms with Gasteiger partial charge in [-0.2, -0.15) is 0 Å². The summed E-state index contributed by atoms with van der Waals surface area (Å²) in [5.74, 6) is 0.918. The fraction of sp³-hybridized carbons (Fsp3) is 0.562. The number of amides is 1. The third-order valence-electron chi connectivity index (χ3n) is 4.31. The number of likely N-dealkylation sites (tertiary alicyclic amines) is 1. The zero-order valence-electron chi connectivity index (χ0n) is 11.4. The van der Waals surface area contributed by atoms with Crippen molar-refractivity contribution in [1.29, 1.82) is 0 Å². The fourth-order valence-corrected chi connectivity index (χ4v) is 3.02. The van der Waals surface area contributed by atoms with Gasteiger partial charge in [-0.05, 0) is 30.7 Å². The van der Waals surface area contributed by atoms with Crippen molar-refractivity contribution in [2.45, 2.75) is 31.3 Å². The predicted molar refractivity (Wildman–Crippen MR) is 73.9 cm³/mol. The highest BCUT2D eigenvalue weighted by atomic mass is 16.5. The molecular weight excluding hydrogens is 238 g/mol. The number of ether oxygens (including phenoxy) is 1. The minimum Gasteiger partial charge on any atom is -0.380 e. The van der Waals surface area contributed by atoms with E-state index in [1.807, 2.05) is 23.1 Å². The summed E-state index contributed by atoms with van der Waals surface area (Å²) in [5.41, 5.74) is 1.18. The number of hydrogen-bond donors (Lipinski definition) is 0. The van der Waals surface area contributed by atoms with Crippen LogP contribution in [0.2, 0.25) is 0 Å². The van der Waals surface area contributed by atoms with Gasteiger partial charge in [-0.25, -0.2) is 0 Å². The Bertz CT molecular complexity index is 441. The summed E-state index contributed by atoms with van der Waals surface area (Å²) in [6.45, 7) is 1.60. The van der Waals surface area contributed by atoms with Gasteiger partial charge in [-0.15, -0.1) is 0 Å². The molecule has 1 saturated carbocycles. The zero-order chi connectivity index (χ0) is 13.2. The number of benzene rings is 1. The number of methoxy groups -OCH3 is 1. The van der Waals surface area contributed by atoms with Gasteiger partial charge < -0.3 is 9.64 Å². The first-order chi connectivity index (χ1) is 9.29. The van der Waals surface area contributed by atoms with Crippen LogP contribution in [0, 0.1) is 5.92 Å². The summed E-state index contributed by atoms with van der Waals surface area (Å²) < 4.78 is 5.36. The van der Waals surface area contributed by atoms with E-state index in [2.05, 4.69) is 12.1 Å². The van der Waals surface area contributed by atoms with E-state index in [0.29, 0.717) is 11.8 Å². The summed E-state index contributed by atoms with van der Waals surface area (Å²) in [7, 11) is 1.73. The average molecular weight is 259 g/mol. The summed E-state index contributed by atoms with van der Waals surface area (Å²) in [4.78, 5) is 14.7. The lowest BCUT2D eigenvalue weighted by molar-refractivity contribution is -0.132. The molecule has 2 fully saturated rings. The van der Waals surface area contributed by atoms with E-state index in [1.54, 1.807) is 7.11 Å². The summed E-state index contributed by atoms with van der Waals surface area (Å²) in [5, 5.41) is 0. The number of nitrogens with zero attached hydrogens (tertiary/aromatic N) is 1. The second-order valence-electron chi connectivity index (χ2n) is 5.66. The first-order valence-corrected chi connectivity index (χ1v) is 7.16. The summed E-state index contributed by atoms with van der Waals surface area (Å²) in [6, 6.07) is 10.2. The smallest absolute Gasteiger partial charge is 0.230 e. The van der Waals surface area contributed by atoms with Crippen LogP contribution in [0.5, 0.6) is 0 Å². The fourth-order valence-electron chi connectivity index (χ4n) is 3.02. The van der Waals surface area contributed by atoms with Crippen molar-refractivity contribution in [3.8, 4) is 0 Å². The van der Waals surface area contributed by atoms with Crippen molar-refractivity contribution in [2.75, 3.05) is 20.2 Å². The summed E-state index contributed by atoms with van der Waals surface area (Å²) in [6.07, 6.45) is 3.56. The van der Waals surface area contributed by atoms with E-state index < -0.39 is 0 Å². The van der Waals surface area contributed by atoms with Crippen LogP contribution in [-0.2, 0) is 9.53 Å². The van der Waals surface area contributed by atoms with E-state index >= 15 is 0 Å². The molecule has 3 nitrogen and oxygen atoms in total. The molecule has 1 amide bonds. The Kier molecular flexibility index (Phi) is 3.56. The van der Waals surface area contributed by atoms with Crippen molar-refractivity contribution in [3.63, 3.8) is 0 Å². The largest absolute Gasteiger partial charge is 0.380 e. The minimum atomic E-state index is 0.0665. The third kappa shape index (κ3) is 2.66. The molecule has 3 heteroatoms. The van der Waals surface area contributed by atoms with Crippen LogP contribution in [0.4, 0.5) is 0 Å². The Labute approximate surface area is 114 Å². The van der Waals surface area contributed by atoms with Crippen LogP contribution in [0.15, 0.2) is 30.3 Å². The van der Waals surface area contributed by atoms with E-state index in [9.17, 15) is 4.79 Å². The Morgan fingerprint density at radius 1 is 1.26 bits per heavy atom. The maximum absolute atomic E-state index is 12.8. The van der Waals surface area contributed by atoms with Crippen molar-refractivity contribution >= 4 is 5.91 Å². The van der Waals surface area contributed by atoms with Crippen LogP contribution < -0.4 is 0 Å². The Morgan fingerprint density at radius 2 is 2.00 bits per heavy atom. The van der Waals surface area contributed by atoms with E-state index in [4.69, 9.17) is 4.74 Å². The topological polar surface area (TPSA) is 29.5 Å². The molecule has 0 aromatic heterocycles. The van der Waals surface area contributed by atoms with Crippen molar-refractivity contribution < 1.29 is 9.53 Å². The highest BCUT2D eigenvalue weighted by Gasteiger charge is 2.40. The first-order valence-electron chi connectivity index (χ1n) is 7.16. The molecule has 0 bridgehead atoms. The molecule has 0 N–H and O–H groups in total. The molecule has 1 aliphatic heterocycles. The lowest BCUT2D eigenvalue weighted by atomic mass is 9.93. The van der Waals surface area contributed by atoms with Crippen LogP contribution in [0.1, 0.15) is 30.7 Å². The lowest BCUT2D eigenvalue weighted by Gasteiger charge is -2.23. The maximum Gasteiger partial charge on any atom is 0.230 e.